The van der Waals surface area contributed by atoms with Gasteiger partial charge < -0.3 is 0 Å². The second-order valence-electron chi connectivity index (χ2n) is 10.5. The standard InChI is InChI=1S/C32H22N4O6S4/c1-33-27(37)19(28(38)34(2)31(33)41)13-17-5-7-21(43-17)25-11-15-9-24-16(10-23(15)45-25)12-26(46-24)22-8-6-18(44-22)14-20-29(39)35(3)32(42)36(4)30(20)40/h5-14H,1-4H3/i13D,14D. The summed E-state index contributed by atoms with van der Waals surface area (Å²) >= 11 is 5.74. The van der Waals surface area contributed by atoms with Crippen molar-refractivity contribution in [2.24, 2.45) is 0 Å². The first kappa shape index (κ1) is 27.5. The molecule has 8 amide bonds. The number of hydrogen-bond donors (Lipinski definition) is 0. The van der Waals surface area contributed by atoms with Crippen molar-refractivity contribution in [1.29, 1.82) is 0 Å². The van der Waals surface area contributed by atoms with E-state index in [9.17, 15) is 28.8 Å². The highest BCUT2D eigenvalue weighted by Gasteiger charge is 2.39. The Morgan fingerprint density at radius 3 is 1.20 bits per heavy atom. The summed E-state index contributed by atoms with van der Waals surface area (Å²) in [5.74, 6) is -3.19. The second-order valence-corrected chi connectivity index (χ2v) is 14.8. The van der Waals surface area contributed by atoms with Crippen molar-refractivity contribution in [2.75, 3.05) is 28.2 Å². The molecule has 2 aliphatic heterocycles. The zero-order valence-electron chi connectivity index (χ0n) is 26.5. The number of urea groups is 2. The first-order valence-corrected chi connectivity index (χ1v) is 16.8. The van der Waals surface area contributed by atoms with Crippen LogP contribution in [0.15, 0.2) is 59.7 Å². The molecule has 46 heavy (non-hydrogen) atoms. The summed E-state index contributed by atoms with van der Waals surface area (Å²) in [6, 6.07) is 13.5. The molecule has 7 rings (SSSR count). The van der Waals surface area contributed by atoms with Crippen LogP contribution < -0.4 is 0 Å². The van der Waals surface area contributed by atoms with Gasteiger partial charge in [0, 0.05) is 66.9 Å². The third-order valence-corrected chi connectivity index (χ3v) is 12.2. The fraction of sp³-hybridized carbons (Fsp3) is 0.125. The lowest BCUT2D eigenvalue weighted by molar-refractivity contribution is -0.135. The van der Waals surface area contributed by atoms with Gasteiger partial charge in [-0.05, 0) is 71.4 Å². The fourth-order valence-electron chi connectivity index (χ4n) is 5.00. The first-order chi connectivity index (χ1) is 22.8. The van der Waals surface area contributed by atoms with Gasteiger partial charge in [0.25, 0.3) is 23.6 Å². The molecule has 1 aromatic carbocycles. The molecule has 230 valence electrons. The van der Waals surface area contributed by atoms with E-state index in [4.69, 9.17) is 2.74 Å². The molecule has 14 heteroatoms. The molecule has 0 spiro atoms. The molecule has 4 aromatic heterocycles. The minimum atomic E-state index is -0.798. The van der Waals surface area contributed by atoms with Crippen LogP contribution in [0.1, 0.15) is 12.5 Å². The Morgan fingerprint density at radius 1 is 0.500 bits per heavy atom. The van der Waals surface area contributed by atoms with Crippen LogP contribution >= 0.6 is 45.3 Å². The molecule has 0 bridgehead atoms. The predicted molar refractivity (Wildman–Crippen MR) is 182 cm³/mol. The molecule has 5 aromatic rings. The van der Waals surface area contributed by atoms with Crippen molar-refractivity contribution in [2.45, 2.75) is 0 Å². The van der Waals surface area contributed by atoms with E-state index in [1.54, 1.807) is 34.8 Å². The van der Waals surface area contributed by atoms with Crippen LogP contribution in [0, 0.1) is 0 Å². The van der Waals surface area contributed by atoms with Crippen LogP contribution in [0.25, 0.3) is 51.8 Å². The lowest BCUT2D eigenvalue weighted by Gasteiger charge is -2.28. The molecule has 10 nitrogen and oxygen atoms in total. The topological polar surface area (TPSA) is 115 Å². The normalized spacial score (nSPS) is 16.9. The van der Waals surface area contributed by atoms with Crippen LogP contribution in [-0.2, 0) is 19.2 Å². The van der Waals surface area contributed by atoms with Gasteiger partial charge in [0.05, 0.1) is 2.74 Å². The summed E-state index contributed by atoms with van der Waals surface area (Å²) in [5.41, 5.74) is -0.692. The Bertz CT molecular complexity index is 2120. The number of rotatable bonds is 4. The monoisotopic (exact) mass is 688 g/mol. The highest BCUT2D eigenvalue weighted by atomic mass is 32.1. The van der Waals surface area contributed by atoms with E-state index in [1.165, 1.54) is 50.9 Å². The third kappa shape index (κ3) is 4.81. The fourth-order valence-corrected chi connectivity index (χ4v) is 9.17. The largest absolute Gasteiger partial charge is 0.333 e. The van der Waals surface area contributed by atoms with Crippen LogP contribution in [0.5, 0.6) is 0 Å². The van der Waals surface area contributed by atoms with E-state index in [2.05, 4.69) is 24.3 Å². The van der Waals surface area contributed by atoms with E-state index in [1.807, 2.05) is 12.1 Å². The average Bonchev–Trinajstić information content (AvgIpc) is 3.88. The molecule has 0 unspecified atom stereocenters. The van der Waals surface area contributed by atoms with Crippen molar-refractivity contribution < 1.29 is 31.5 Å². The number of carbonyl (C=O) groups excluding carboxylic acids is 6. The summed E-state index contributed by atoms with van der Waals surface area (Å²) in [6.45, 7) is 0. The quantitative estimate of drug-likeness (QED) is 0.159. The van der Waals surface area contributed by atoms with Gasteiger partial charge in [0.1, 0.15) is 11.1 Å². The summed E-state index contributed by atoms with van der Waals surface area (Å²) in [6.07, 6.45) is 0. The van der Waals surface area contributed by atoms with Crippen LogP contribution in [0.3, 0.4) is 0 Å². The predicted octanol–water partition coefficient (Wildman–Crippen LogP) is 6.44. The molecular formula is C32H22N4O6S4. The maximum Gasteiger partial charge on any atom is 0.333 e. The van der Waals surface area contributed by atoms with Crippen molar-refractivity contribution >= 4 is 113 Å². The van der Waals surface area contributed by atoms with E-state index >= 15 is 0 Å². The number of likely N-dealkylation sites (N-methyl/N-ethyl adjacent to an activating group) is 4. The SMILES string of the molecule is [2H]C(=C1C(=O)N(C)C(=O)N(C)C1=O)c1ccc(-c2cc3cc4sc(-c5ccc(C([2H])=C6C(=O)N(C)C(=O)N(C)C6=O)s5)cc4cc3s2)s1. The van der Waals surface area contributed by atoms with E-state index in [0.717, 1.165) is 59.3 Å². The van der Waals surface area contributed by atoms with Crippen molar-refractivity contribution in [3.8, 4) is 19.5 Å². The van der Waals surface area contributed by atoms with E-state index in [-0.39, 0.29) is 23.3 Å². The number of thiophene rings is 4. The van der Waals surface area contributed by atoms with Gasteiger partial charge in [-0.1, -0.05) is 0 Å². The molecule has 2 aliphatic rings. The van der Waals surface area contributed by atoms with Gasteiger partial charge in [-0.2, -0.15) is 0 Å². The Hall–Kier alpha value is -4.76. The molecule has 0 aliphatic carbocycles. The number of fused-ring (bicyclic) bond motifs is 2. The summed E-state index contributed by atoms with van der Waals surface area (Å²) in [5, 5.41) is 2.05. The van der Waals surface area contributed by atoms with Gasteiger partial charge in [-0.15, -0.1) is 45.3 Å². The third-order valence-electron chi connectivity index (χ3n) is 7.57. The lowest BCUT2D eigenvalue weighted by Crippen LogP contribution is -2.52. The molecule has 0 radical (unpaired) electrons. The summed E-state index contributed by atoms with van der Waals surface area (Å²) in [4.78, 5) is 82.8. The minimum absolute atomic E-state index is 0.223. The smallest absolute Gasteiger partial charge is 0.268 e. The molecule has 0 saturated carbocycles. The van der Waals surface area contributed by atoms with Crippen LogP contribution in [0.4, 0.5) is 9.59 Å². The number of nitrogens with zero attached hydrogens (tertiary/aromatic N) is 4. The molecular weight excluding hydrogens is 665 g/mol. The second kappa shape index (κ2) is 10.9. The Labute approximate surface area is 280 Å². The number of imide groups is 4. The number of carbonyl (C=O) groups is 6. The zero-order chi connectivity index (χ0) is 34.3. The van der Waals surface area contributed by atoms with Crippen molar-refractivity contribution in [3.05, 3.63) is 69.4 Å². The number of barbiturate groups is 2. The maximum atomic E-state index is 12.7. The molecule has 0 atom stereocenters. The average molecular weight is 689 g/mol. The number of benzene rings is 1. The Balaban J connectivity index is 1.17. The molecule has 6 heterocycles. The van der Waals surface area contributed by atoms with Crippen LogP contribution in [0.2, 0.25) is 0 Å². The van der Waals surface area contributed by atoms with Crippen molar-refractivity contribution in [3.63, 3.8) is 0 Å². The molecule has 0 N–H and O–H groups in total. The molecule has 2 fully saturated rings. The summed E-state index contributed by atoms with van der Waals surface area (Å²) in [7, 11) is 5.12. The number of amides is 8. The Kier molecular flexibility index (Phi) is 6.55. The lowest BCUT2D eigenvalue weighted by atomic mass is 10.1. The first-order valence-electron chi connectivity index (χ1n) is 14.6. The summed E-state index contributed by atoms with van der Waals surface area (Å²) < 4.78 is 19.3. The van der Waals surface area contributed by atoms with E-state index < -0.39 is 35.7 Å². The Morgan fingerprint density at radius 2 is 0.848 bits per heavy atom. The van der Waals surface area contributed by atoms with Gasteiger partial charge in [0.2, 0.25) is 0 Å². The van der Waals surface area contributed by atoms with Gasteiger partial charge in [0.15, 0.2) is 0 Å². The van der Waals surface area contributed by atoms with Gasteiger partial charge in [-0.25, -0.2) is 9.59 Å². The van der Waals surface area contributed by atoms with Crippen LogP contribution in [-0.4, -0.2) is 83.5 Å². The highest BCUT2D eigenvalue weighted by Crippen LogP contribution is 2.43. The highest BCUT2D eigenvalue weighted by molar-refractivity contribution is 7.27. The zero-order valence-corrected chi connectivity index (χ0v) is 27.8. The van der Waals surface area contributed by atoms with Gasteiger partial charge in [-0.3, -0.25) is 38.8 Å². The maximum absolute atomic E-state index is 12.7. The molecule has 2 saturated heterocycles. The van der Waals surface area contributed by atoms with Gasteiger partial charge >= 0.3 is 12.1 Å². The van der Waals surface area contributed by atoms with Crippen molar-refractivity contribution in [1.82, 2.24) is 19.6 Å². The number of hydrogen-bond acceptors (Lipinski definition) is 10. The minimum Gasteiger partial charge on any atom is -0.268 e. The van der Waals surface area contributed by atoms with E-state index in [0.29, 0.717) is 9.75 Å².